The van der Waals surface area contributed by atoms with Crippen LogP contribution in [0.25, 0.3) is 0 Å². The topological polar surface area (TPSA) is 9.23 Å². The van der Waals surface area contributed by atoms with Crippen LogP contribution in [0.1, 0.15) is 29.7 Å². The number of benzene rings is 2. The second-order valence-electron chi connectivity index (χ2n) is 4.60. The van der Waals surface area contributed by atoms with Crippen LogP contribution >= 0.6 is 23.2 Å². The van der Waals surface area contributed by atoms with Gasteiger partial charge in [0.05, 0.1) is 12.7 Å². The summed E-state index contributed by atoms with van der Waals surface area (Å²) in [6.07, 6.45) is -0.0382. The van der Waals surface area contributed by atoms with E-state index >= 15 is 0 Å². The van der Waals surface area contributed by atoms with E-state index in [0.29, 0.717) is 6.61 Å². The van der Waals surface area contributed by atoms with Crippen molar-refractivity contribution >= 4 is 23.2 Å². The number of hydrogen-bond donors (Lipinski definition) is 0. The van der Waals surface area contributed by atoms with Crippen molar-refractivity contribution < 1.29 is 4.74 Å². The number of halogens is 2. The number of hydrogen-bond acceptors (Lipinski definition) is 1. The lowest BCUT2D eigenvalue weighted by Crippen LogP contribution is -2.01. The Labute approximate surface area is 124 Å². The Kier molecular flexibility index (Phi) is 4.87. The maximum absolute atomic E-state index is 6.23. The minimum absolute atomic E-state index is 0.0382. The van der Waals surface area contributed by atoms with Crippen molar-refractivity contribution in [2.24, 2.45) is 0 Å². The molecule has 2 aromatic carbocycles. The Hall–Kier alpha value is -1.02. The van der Waals surface area contributed by atoms with Gasteiger partial charge >= 0.3 is 0 Å². The van der Waals surface area contributed by atoms with Crippen molar-refractivity contribution in [1.29, 1.82) is 0 Å². The van der Waals surface area contributed by atoms with Gasteiger partial charge in [0.15, 0.2) is 0 Å². The van der Waals surface area contributed by atoms with Crippen molar-refractivity contribution in [2.75, 3.05) is 0 Å². The molecule has 0 amide bonds. The predicted octanol–water partition coefficient (Wildman–Crippen LogP) is 5.58. The van der Waals surface area contributed by atoms with Gasteiger partial charge in [-0.25, -0.2) is 0 Å². The first-order chi connectivity index (χ1) is 9.06. The monoisotopic (exact) mass is 294 g/mol. The molecule has 0 aliphatic carbocycles. The quantitative estimate of drug-likeness (QED) is 0.715. The molecule has 0 bridgehead atoms. The molecule has 1 unspecified atom stereocenters. The third-order valence-corrected chi connectivity index (χ3v) is 3.59. The molecule has 1 nitrogen and oxygen atoms in total. The zero-order chi connectivity index (χ0) is 13.8. The molecule has 3 heteroatoms. The van der Waals surface area contributed by atoms with Gasteiger partial charge in [-0.15, -0.1) is 0 Å². The molecule has 100 valence electrons. The van der Waals surface area contributed by atoms with Gasteiger partial charge in [-0.1, -0.05) is 47.5 Å². The molecule has 0 fully saturated rings. The van der Waals surface area contributed by atoms with Crippen molar-refractivity contribution in [3.63, 3.8) is 0 Å². The van der Waals surface area contributed by atoms with Gasteiger partial charge in [-0.05, 0) is 48.7 Å². The Morgan fingerprint density at radius 3 is 2.37 bits per heavy atom. The first-order valence-corrected chi connectivity index (χ1v) is 6.94. The summed E-state index contributed by atoms with van der Waals surface area (Å²) in [4.78, 5) is 0. The van der Waals surface area contributed by atoms with Crippen molar-refractivity contribution in [3.05, 3.63) is 69.2 Å². The summed E-state index contributed by atoms with van der Waals surface area (Å²) in [7, 11) is 0. The van der Waals surface area contributed by atoms with E-state index in [1.54, 1.807) is 0 Å². The molecule has 0 saturated heterocycles. The smallest absolute Gasteiger partial charge is 0.0815 e. The highest BCUT2D eigenvalue weighted by atomic mass is 35.5. The van der Waals surface area contributed by atoms with Gasteiger partial charge in [-0.2, -0.15) is 0 Å². The molecule has 0 aromatic heterocycles. The van der Waals surface area contributed by atoms with Crippen molar-refractivity contribution in [2.45, 2.75) is 26.6 Å². The first-order valence-electron chi connectivity index (χ1n) is 6.18. The molecule has 1 atom stereocenters. The van der Waals surface area contributed by atoms with Gasteiger partial charge < -0.3 is 4.74 Å². The molecule has 0 saturated carbocycles. The molecule has 0 radical (unpaired) electrons. The van der Waals surface area contributed by atoms with Crippen LogP contribution in [0.3, 0.4) is 0 Å². The highest BCUT2D eigenvalue weighted by molar-refractivity contribution is 6.31. The molecule has 19 heavy (non-hydrogen) atoms. The SMILES string of the molecule is Cc1ccc(C(C)OCc2ccc(Cl)cc2)c(Cl)c1. The van der Waals surface area contributed by atoms with Crippen LogP contribution in [-0.4, -0.2) is 0 Å². The second kappa shape index (κ2) is 6.42. The molecule has 0 heterocycles. The van der Waals surface area contributed by atoms with E-state index in [4.69, 9.17) is 27.9 Å². The number of rotatable bonds is 4. The molecular weight excluding hydrogens is 279 g/mol. The Morgan fingerprint density at radius 2 is 1.74 bits per heavy atom. The van der Waals surface area contributed by atoms with Crippen LogP contribution in [-0.2, 0) is 11.3 Å². The lowest BCUT2D eigenvalue weighted by molar-refractivity contribution is 0.0526. The van der Waals surface area contributed by atoms with Crippen LogP contribution in [0, 0.1) is 6.92 Å². The van der Waals surface area contributed by atoms with Gasteiger partial charge in [0.1, 0.15) is 0 Å². The normalized spacial score (nSPS) is 12.4. The number of ether oxygens (including phenoxy) is 1. The molecule has 2 aromatic rings. The minimum atomic E-state index is -0.0382. The molecule has 0 spiro atoms. The summed E-state index contributed by atoms with van der Waals surface area (Å²) in [6, 6.07) is 13.7. The standard InChI is InChI=1S/C16H16Cl2O/c1-11-3-8-15(16(18)9-11)12(2)19-10-13-4-6-14(17)7-5-13/h3-9,12H,10H2,1-2H3. The zero-order valence-corrected chi connectivity index (χ0v) is 12.5. The van der Waals surface area contributed by atoms with Gasteiger partial charge in [0.2, 0.25) is 0 Å². The maximum Gasteiger partial charge on any atom is 0.0815 e. The van der Waals surface area contributed by atoms with E-state index in [1.807, 2.05) is 56.3 Å². The Balaban J connectivity index is 2.01. The fraction of sp³-hybridized carbons (Fsp3) is 0.250. The predicted molar refractivity (Wildman–Crippen MR) is 80.8 cm³/mol. The first kappa shape index (κ1) is 14.4. The van der Waals surface area contributed by atoms with Gasteiger partial charge in [0, 0.05) is 10.0 Å². The van der Waals surface area contributed by atoms with Crippen LogP contribution in [0.5, 0.6) is 0 Å². The molecule has 0 aliphatic heterocycles. The fourth-order valence-corrected chi connectivity index (χ4v) is 2.37. The zero-order valence-electron chi connectivity index (χ0n) is 11.0. The van der Waals surface area contributed by atoms with Crippen molar-refractivity contribution in [3.8, 4) is 0 Å². The molecule has 2 rings (SSSR count). The van der Waals surface area contributed by atoms with E-state index in [2.05, 4.69) is 0 Å². The fourth-order valence-electron chi connectivity index (χ4n) is 1.85. The van der Waals surface area contributed by atoms with E-state index in [0.717, 1.165) is 26.7 Å². The number of aryl methyl sites for hydroxylation is 1. The molecular formula is C16H16Cl2O. The summed E-state index contributed by atoms with van der Waals surface area (Å²) in [5.41, 5.74) is 3.26. The summed E-state index contributed by atoms with van der Waals surface area (Å²) < 4.78 is 5.85. The lowest BCUT2D eigenvalue weighted by atomic mass is 10.1. The maximum atomic E-state index is 6.23. The van der Waals surface area contributed by atoms with Crippen LogP contribution in [0.2, 0.25) is 10.0 Å². The van der Waals surface area contributed by atoms with Crippen LogP contribution < -0.4 is 0 Å². The van der Waals surface area contributed by atoms with E-state index in [1.165, 1.54) is 0 Å². The van der Waals surface area contributed by atoms with Gasteiger partial charge in [-0.3, -0.25) is 0 Å². The van der Waals surface area contributed by atoms with Gasteiger partial charge in [0.25, 0.3) is 0 Å². The largest absolute Gasteiger partial charge is 0.369 e. The molecule has 0 aliphatic rings. The minimum Gasteiger partial charge on any atom is -0.369 e. The summed E-state index contributed by atoms with van der Waals surface area (Å²) >= 11 is 12.1. The third kappa shape index (κ3) is 3.97. The van der Waals surface area contributed by atoms with E-state index < -0.39 is 0 Å². The summed E-state index contributed by atoms with van der Waals surface area (Å²) in [5, 5.41) is 1.49. The van der Waals surface area contributed by atoms with E-state index in [-0.39, 0.29) is 6.10 Å². The van der Waals surface area contributed by atoms with Crippen LogP contribution in [0.15, 0.2) is 42.5 Å². The summed E-state index contributed by atoms with van der Waals surface area (Å²) in [6.45, 7) is 4.57. The Bertz CT molecular complexity index is 549. The molecule has 0 N–H and O–H groups in total. The second-order valence-corrected chi connectivity index (χ2v) is 5.45. The average Bonchev–Trinajstić information content (AvgIpc) is 2.37. The van der Waals surface area contributed by atoms with Crippen molar-refractivity contribution in [1.82, 2.24) is 0 Å². The third-order valence-electron chi connectivity index (χ3n) is 3.01. The average molecular weight is 295 g/mol. The van der Waals surface area contributed by atoms with E-state index in [9.17, 15) is 0 Å². The van der Waals surface area contributed by atoms with Crippen LogP contribution in [0.4, 0.5) is 0 Å². The highest BCUT2D eigenvalue weighted by Gasteiger charge is 2.10. The summed E-state index contributed by atoms with van der Waals surface area (Å²) in [5.74, 6) is 0. The Morgan fingerprint density at radius 1 is 1.05 bits per heavy atom. The lowest BCUT2D eigenvalue weighted by Gasteiger charge is -2.15. The highest BCUT2D eigenvalue weighted by Crippen LogP contribution is 2.27.